The molecule has 0 saturated carbocycles. The molecule has 0 radical (unpaired) electrons. The fourth-order valence-electron chi connectivity index (χ4n) is 2.05. The predicted molar refractivity (Wildman–Crippen MR) is 74.1 cm³/mol. The molecule has 0 aliphatic carbocycles. The van der Waals surface area contributed by atoms with Crippen molar-refractivity contribution in [1.29, 1.82) is 0 Å². The third-order valence-electron chi connectivity index (χ3n) is 3.05. The Morgan fingerprint density at radius 2 is 2.33 bits per heavy atom. The number of hydrogen-bond donors (Lipinski definition) is 1. The first kappa shape index (κ1) is 12.8. The summed E-state index contributed by atoms with van der Waals surface area (Å²) in [6.45, 7) is 5.63. The molecule has 1 aromatic carbocycles. The highest BCUT2D eigenvalue weighted by atomic mass is 16.5. The largest absolute Gasteiger partial charge is 0.497 e. The summed E-state index contributed by atoms with van der Waals surface area (Å²) in [4.78, 5) is 0. The van der Waals surface area contributed by atoms with Gasteiger partial charge < -0.3 is 14.8 Å². The Morgan fingerprint density at radius 1 is 1.44 bits per heavy atom. The van der Waals surface area contributed by atoms with Crippen LogP contribution in [-0.2, 0) is 4.74 Å². The quantitative estimate of drug-likeness (QED) is 0.863. The molecule has 0 fully saturated rings. The van der Waals surface area contributed by atoms with E-state index in [0.717, 1.165) is 30.8 Å². The van der Waals surface area contributed by atoms with Gasteiger partial charge in [-0.15, -0.1) is 0 Å². The molecular formula is C15H21NO2. The Hall–Kier alpha value is -1.64. The van der Waals surface area contributed by atoms with Crippen molar-refractivity contribution in [2.24, 2.45) is 0 Å². The molecule has 3 nitrogen and oxygen atoms in total. The van der Waals surface area contributed by atoms with Crippen molar-refractivity contribution in [2.45, 2.75) is 32.8 Å². The van der Waals surface area contributed by atoms with Crippen LogP contribution in [-0.4, -0.2) is 19.3 Å². The van der Waals surface area contributed by atoms with E-state index >= 15 is 0 Å². The first-order chi connectivity index (χ1) is 8.79. The molecule has 0 aromatic heterocycles. The molecule has 1 aliphatic heterocycles. The van der Waals surface area contributed by atoms with E-state index < -0.39 is 0 Å². The number of ether oxygens (including phenoxy) is 2. The topological polar surface area (TPSA) is 30.5 Å². The van der Waals surface area contributed by atoms with Gasteiger partial charge in [-0.25, -0.2) is 0 Å². The maximum atomic E-state index is 5.53. The van der Waals surface area contributed by atoms with Crippen LogP contribution in [0.2, 0.25) is 0 Å². The summed E-state index contributed by atoms with van der Waals surface area (Å²) in [6.07, 6.45) is 6.34. The van der Waals surface area contributed by atoms with Crippen LogP contribution in [0.25, 0.3) is 0 Å². The molecule has 3 heteroatoms. The second-order valence-corrected chi connectivity index (χ2v) is 4.50. The molecule has 0 amide bonds. The Morgan fingerprint density at radius 3 is 3.00 bits per heavy atom. The maximum absolute atomic E-state index is 5.53. The lowest BCUT2D eigenvalue weighted by molar-refractivity contribution is 0.135. The highest BCUT2D eigenvalue weighted by Crippen LogP contribution is 2.22. The molecule has 2 rings (SSSR count). The van der Waals surface area contributed by atoms with Crippen molar-refractivity contribution in [1.82, 2.24) is 0 Å². The third-order valence-corrected chi connectivity index (χ3v) is 3.05. The van der Waals surface area contributed by atoms with Crippen molar-refractivity contribution in [3.05, 3.63) is 36.1 Å². The zero-order valence-electron chi connectivity index (χ0n) is 11.1. The van der Waals surface area contributed by atoms with Gasteiger partial charge in [0.15, 0.2) is 0 Å². The summed E-state index contributed by atoms with van der Waals surface area (Å²) in [7, 11) is 0. The maximum Gasteiger partial charge on any atom is 0.119 e. The van der Waals surface area contributed by atoms with Gasteiger partial charge in [-0.2, -0.15) is 0 Å². The van der Waals surface area contributed by atoms with Crippen LogP contribution in [0.1, 0.15) is 25.3 Å². The Balaban J connectivity index is 1.90. The van der Waals surface area contributed by atoms with Gasteiger partial charge in [-0.3, -0.25) is 0 Å². The fourth-order valence-corrected chi connectivity index (χ4v) is 2.05. The summed E-state index contributed by atoms with van der Waals surface area (Å²) < 4.78 is 11.0. The van der Waals surface area contributed by atoms with E-state index in [0.29, 0.717) is 6.61 Å². The van der Waals surface area contributed by atoms with E-state index in [9.17, 15) is 0 Å². The minimum Gasteiger partial charge on any atom is -0.497 e. The van der Waals surface area contributed by atoms with Crippen molar-refractivity contribution in [3.63, 3.8) is 0 Å². The predicted octanol–water partition coefficient (Wildman–Crippen LogP) is 3.50. The van der Waals surface area contributed by atoms with E-state index in [4.69, 9.17) is 9.47 Å². The number of nitrogens with one attached hydrogen (secondary N) is 1. The van der Waals surface area contributed by atoms with Gasteiger partial charge in [0.05, 0.1) is 19.4 Å². The number of allylic oxidation sites excluding steroid dienone is 1. The summed E-state index contributed by atoms with van der Waals surface area (Å²) >= 11 is 0. The average molecular weight is 247 g/mol. The zero-order valence-corrected chi connectivity index (χ0v) is 11.1. The molecule has 1 heterocycles. The lowest BCUT2D eigenvalue weighted by Crippen LogP contribution is -2.23. The number of anilines is 1. The number of rotatable bonds is 5. The van der Waals surface area contributed by atoms with Gasteiger partial charge in [0.1, 0.15) is 11.9 Å². The van der Waals surface area contributed by atoms with E-state index in [1.165, 1.54) is 5.56 Å². The average Bonchev–Trinajstić information content (AvgIpc) is 2.39. The van der Waals surface area contributed by atoms with Crippen LogP contribution in [0, 0.1) is 6.92 Å². The molecular weight excluding hydrogens is 226 g/mol. The SMILES string of the molecule is CCOc1ccc(NCC2CCC=CO2)c(C)c1. The van der Waals surface area contributed by atoms with Crippen LogP contribution in [0.5, 0.6) is 5.75 Å². The van der Waals surface area contributed by atoms with Gasteiger partial charge in [0, 0.05) is 5.69 Å². The summed E-state index contributed by atoms with van der Waals surface area (Å²) in [5.41, 5.74) is 2.35. The lowest BCUT2D eigenvalue weighted by Gasteiger charge is -2.21. The summed E-state index contributed by atoms with van der Waals surface area (Å²) in [6, 6.07) is 6.13. The molecule has 0 bridgehead atoms. The van der Waals surface area contributed by atoms with Crippen LogP contribution in [0.4, 0.5) is 5.69 Å². The van der Waals surface area contributed by atoms with Crippen molar-refractivity contribution in [2.75, 3.05) is 18.5 Å². The number of aryl methyl sites for hydroxylation is 1. The van der Waals surface area contributed by atoms with Crippen molar-refractivity contribution < 1.29 is 9.47 Å². The highest BCUT2D eigenvalue weighted by Gasteiger charge is 2.11. The second kappa shape index (κ2) is 6.34. The molecule has 1 atom stereocenters. The third kappa shape index (κ3) is 3.42. The van der Waals surface area contributed by atoms with Gasteiger partial charge in [0.2, 0.25) is 0 Å². The molecule has 1 aromatic rings. The summed E-state index contributed by atoms with van der Waals surface area (Å²) in [5, 5.41) is 3.44. The van der Waals surface area contributed by atoms with Crippen LogP contribution in [0.3, 0.4) is 0 Å². The smallest absolute Gasteiger partial charge is 0.119 e. The molecule has 0 spiro atoms. The van der Waals surface area contributed by atoms with Gasteiger partial charge >= 0.3 is 0 Å². The minimum atomic E-state index is 0.279. The standard InChI is InChI=1S/C15H21NO2/c1-3-17-13-7-8-15(12(2)10-13)16-11-14-6-4-5-9-18-14/h5,7-10,14,16H,3-4,6,11H2,1-2H3. The second-order valence-electron chi connectivity index (χ2n) is 4.50. The molecule has 1 unspecified atom stereocenters. The monoisotopic (exact) mass is 247 g/mol. The Kier molecular flexibility index (Phi) is 4.51. The molecule has 18 heavy (non-hydrogen) atoms. The molecule has 98 valence electrons. The summed E-state index contributed by atoms with van der Waals surface area (Å²) in [5.74, 6) is 0.928. The lowest BCUT2D eigenvalue weighted by atomic mass is 10.1. The number of hydrogen-bond acceptors (Lipinski definition) is 3. The molecule has 1 N–H and O–H groups in total. The highest BCUT2D eigenvalue weighted by molar-refractivity contribution is 5.53. The zero-order chi connectivity index (χ0) is 12.8. The molecule has 1 aliphatic rings. The van der Waals surface area contributed by atoms with E-state index in [1.807, 2.05) is 13.0 Å². The fraction of sp³-hybridized carbons (Fsp3) is 0.467. The van der Waals surface area contributed by atoms with Crippen molar-refractivity contribution in [3.8, 4) is 5.75 Å². The Labute approximate surface area is 109 Å². The van der Waals surface area contributed by atoms with Gasteiger partial charge in [-0.1, -0.05) is 0 Å². The van der Waals surface area contributed by atoms with Crippen LogP contribution < -0.4 is 10.1 Å². The van der Waals surface area contributed by atoms with E-state index in [2.05, 4.69) is 30.4 Å². The van der Waals surface area contributed by atoms with Gasteiger partial charge in [0.25, 0.3) is 0 Å². The Bertz CT molecular complexity index is 415. The normalized spacial score (nSPS) is 18.2. The van der Waals surface area contributed by atoms with E-state index in [-0.39, 0.29) is 6.10 Å². The number of benzene rings is 1. The molecule has 0 saturated heterocycles. The first-order valence-corrected chi connectivity index (χ1v) is 6.57. The van der Waals surface area contributed by atoms with Crippen molar-refractivity contribution >= 4 is 5.69 Å². The van der Waals surface area contributed by atoms with Gasteiger partial charge in [-0.05, 0) is 56.5 Å². The van der Waals surface area contributed by atoms with Crippen LogP contribution in [0.15, 0.2) is 30.5 Å². The van der Waals surface area contributed by atoms with Crippen LogP contribution >= 0.6 is 0 Å². The van der Waals surface area contributed by atoms with E-state index in [1.54, 1.807) is 6.26 Å². The first-order valence-electron chi connectivity index (χ1n) is 6.57. The minimum absolute atomic E-state index is 0.279.